The highest BCUT2D eigenvalue weighted by Crippen LogP contribution is 2.45. The average Bonchev–Trinajstić information content (AvgIpc) is 2.60. The quantitative estimate of drug-likeness (QED) is 0.554. The van der Waals surface area contributed by atoms with Gasteiger partial charge < -0.3 is 0 Å². The monoisotopic (exact) mass is 408 g/mol. The van der Waals surface area contributed by atoms with Crippen LogP contribution in [0, 0.1) is 6.92 Å². The second-order valence-corrected chi connectivity index (χ2v) is 9.28. The van der Waals surface area contributed by atoms with Crippen molar-refractivity contribution in [3.63, 3.8) is 0 Å². The van der Waals surface area contributed by atoms with Gasteiger partial charge in [0.05, 0.1) is 16.3 Å². The first-order chi connectivity index (χ1) is 12.9. The van der Waals surface area contributed by atoms with Crippen molar-refractivity contribution in [3.05, 3.63) is 65.2 Å². The zero-order chi connectivity index (χ0) is 20.7. The predicted molar refractivity (Wildman–Crippen MR) is 102 cm³/mol. The van der Waals surface area contributed by atoms with Crippen LogP contribution in [0.4, 0.5) is 24.5 Å². The molecular formula is C20H19F3N2O2S. The van der Waals surface area contributed by atoms with Crippen molar-refractivity contribution >= 4 is 26.1 Å². The van der Waals surface area contributed by atoms with E-state index in [1.807, 2.05) is 32.9 Å². The molecule has 4 nitrogen and oxygen atoms in total. The van der Waals surface area contributed by atoms with Crippen LogP contribution >= 0.6 is 0 Å². The normalized spacial score (nSPS) is 16.7. The van der Waals surface area contributed by atoms with E-state index in [1.165, 1.54) is 6.07 Å². The molecule has 0 unspecified atom stereocenters. The number of hydrogen-bond acceptors (Lipinski definition) is 4. The molecule has 0 spiro atoms. The fraction of sp³-hybridized carbons (Fsp3) is 0.300. The van der Waals surface area contributed by atoms with Crippen LogP contribution in [-0.2, 0) is 15.3 Å². The summed E-state index contributed by atoms with van der Waals surface area (Å²) >= 11 is 0. The van der Waals surface area contributed by atoms with E-state index in [-0.39, 0.29) is 17.7 Å². The van der Waals surface area contributed by atoms with Crippen LogP contribution in [0.2, 0.25) is 0 Å². The van der Waals surface area contributed by atoms with Crippen LogP contribution in [0.25, 0.3) is 4.91 Å². The lowest BCUT2D eigenvalue weighted by atomic mass is 9.76. The number of hydrogen-bond donors (Lipinski definition) is 0. The summed E-state index contributed by atoms with van der Waals surface area (Å²) in [5, 5.41) is 8.14. The van der Waals surface area contributed by atoms with Gasteiger partial charge in [0.15, 0.2) is 0 Å². The third kappa shape index (κ3) is 3.73. The number of fused-ring (bicyclic) bond motifs is 1. The molecular weight excluding hydrogens is 389 g/mol. The molecule has 2 aromatic rings. The van der Waals surface area contributed by atoms with Crippen molar-refractivity contribution in [2.24, 2.45) is 10.2 Å². The van der Waals surface area contributed by atoms with E-state index in [9.17, 15) is 21.6 Å². The summed E-state index contributed by atoms with van der Waals surface area (Å²) in [6.07, 6.45) is 1.33. The number of aryl methyl sites for hydroxylation is 1. The maximum Gasteiger partial charge on any atom is 0.501 e. The second kappa shape index (κ2) is 6.84. The fourth-order valence-electron chi connectivity index (χ4n) is 3.06. The molecule has 2 aromatic carbocycles. The zero-order valence-corrected chi connectivity index (χ0v) is 16.4. The number of halogens is 3. The maximum absolute atomic E-state index is 13.1. The van der Waals surface area contributed by atoms with Gasteiger partial charge in [0.25, 0.3) is 9.84 Å². The minimum Gasteiger partial charge on any atom is -0.214 e. The summed E-state index contributed by atoms with van der Waals surface area (Å²) in [6.45, 7) is 5.64. The third-order valence-electron chi connectivity index (χ3n) is 4.70. The number of sulfone groups is 1. The topological polar surface area (TPSA) is 58.9 Å². The lowest BCUT2D eigenvalue weighted by molar-refractivity contribution is -0.0420. The molecule has 0 atom stereocenters. The van der Waals surface area contributed by atoms with Gasteiger partial charge in [0.1, 0.15) is 0 Å². The van der Waals surface area contributed by atoms with Gasteiger partial charge >= 0.3 is 5.51 Å². The van der Waals surface area contributed by atoms with Crippen LogP contribution in [0.3, 0.4) is 0 Å². The molecule has 148 valence electrons. The summed E-state index contributed by atoms with van der Waals surface area (Å²) in [6, 6.07) is 11.8. The molecule has 0 aliphatic heterocycles. The molecule has 1 aliphatic carbocycles. The summed E-state index contributed by atoms with van der Waals surface area (Å²) < 4.78 is 63.5. The average molecular weight is 408 g/mol. The molecule has 0 saturated carbocycles. The van der Waals surface area contributed by atoms with Crippen LogP contribution in [-0.4, -0.2) is 13.9 Å². The van der Waals surface area contributed by atoms with Gasteiger partial charge in [-0.1, -0.05) is 43.7 Å². The van der Waals surface area contributed by atoms with Crippen LogP contribution < -0.4 is 0 Å². The van der Waals surface area contributed by atoms with Gasteiger partial charge in [-0.3, -0.25) is 0 Å². The number of alkyl halides is 3. The molecule has 0 aromatic heterocycles. The number of nitrogens with zero attached hydrogens (tertiary/aromatic N) is 2. The van der Waals surface area contributed by atoms with E-state index >= 15 is 0 Å². The lowest BCUT2D eigenvalue weighted by Crippen LogP contribution is -2.29. The van der Waals surface area contributed by atoms with E-state index in [2.05, 4.69) is 10.2 Å². The Morgan fingerprint density at radius 3 is 2.14 bits per heavy atom. The highest BCUT2D eigenvalue weighted by Gasteiger charge is 2.50. The zero-order valence-electron chi connectivity index (χ0n) is 15.6. The minimum absolute atomic E-state index is 0.0222. The maximum atomic E-state index is 13.1. The summed E-state index contributed by atoms with van der Waals surface area (Å²) in [5.74, 6) is 0. The van der Waals surface area contributed by atoms with E-state index in [0.29, 0.717) is 11.3 Å². The molecule has 0 amide bonds. The predicted octanol–water partition coefficient (Wildman–Crippen LogP) is 6.37. The van der Waals surface area contributed by atoms with Crippen LogP contribution in [0.15, 0.2) is 58.8 Å². The molecule has 0 bridgehead atoms. The molecule has 0 heterocycles. The number of azo groups is 1. The third-order valence-corrected chi connectivity index (χ3v) is 6.28. The molecule has 3 rings (SSSR count). The Morgan fingerprint density at radius 2 is 1.54 bits per heavy atom. The smallest absolute Gasteiger partial charge is 0.214 e. The van der Waals surface area contributed by atoms with Gasteiger partial charge in [0, 0.05) is 0 Å². The van der Waals surface area contributed by atoms with Gasteiger partial charge in [-0.25, -0.2) is 8.42 Å². The number of allylic oxidation sites excluding steroid dienone is 1. The highest BCUT2D eigenvalue weighted by molar-refractivity contribution is 8.01. The van der Waals surface area contributed by atoms with Crippen molar-refractivity contribution in [3.8, 4) is 0 Å². The van der Waals surface area contributed by atoms with Gasteiger partial charge in [-0.15, -0.1) is 0 Å². The minimum atomic E-state index is -5.46. The van der Waals surface area contributed by atoms with Crippen molar-refractivity contribution in [2.45, 2.75) is 38.1 Å². The summed E-state index contributed by atoms with van der Waals surface area (Å²) in [5.41, 5.74) is -3.38. The van der Waals surface area contributed by atoms with E-state index in [0.717, 1.165) is 11.6 Å². The first kappa shape index (κ1) is 20.3. The fourth-order valence-corrected chi connectivity index (χ4v) is 4.07. The Labute approximate surface area is 161 Å². The number of benzene rings is 2. The van der Waals surface area contributed by atoms with E-state index < -0.39 is 25.7 Å². The Bertz CT molecular complexity index is 1070. The largest absolute Gasteiger partial charge is 0.501 e. The first-order valence-electron chi connectivity index (χ1n) is 8.57. The van der Waals surface area contributed by atoms with Crippen LogP contribution in [0.1, 0.15) is 37.0 Å². The Morgan fingerprint density at radius 1 is 0.964 bits per heavy atom. The Balaban J connectivity index is 2.07. The Hall–Kier alpha value is -2.48. The van der Waals surface area contributed by atoms with Crippen molar-refractivity contribution in [1.82, 2.24) is 0 Å². The molecule has 0 saturated heterocycles. The number of rotatable bonds is 3. The summed E-state index contributed by atoms with van der Waals surface area (Å²) in [7, 11) is -5.46. The molecule has 1 aliphatic rings. The molecule has 8 heteroatoms. The van der Waals surface area contributed by atoms with Crippen molar-refractivity contribution in [1.29, 1.82) is 0 Å². The molecule has 0 N–H and O–H groups in total. The standard InChI is InChI=1S/C20H19F3N2O2S/c1-13-4-6-14(7-5-13)24-25-15-8-9-17-16(12-15)18(10-11-19(17,2)3)28(26,27)20(21,22)23/h4-10,12H,11H2,1-3H3. The lowest BCUT2D eigenvalue weighted by Gasteiger charge is -2.32. The van der Waals surface area contributed by atoms with Crippen molar-refractivity contribution < 1.29 is 21.6 Å². The van der Waals surface area contributed by atoms with Gasteiger partial charge in [0.2, 0.25) is 0 Å². The Kier molecular flexibility index (Phi) is 4.95. The van der Waals surface area contributed by atoms with Gasteiger partial charge in [-0.05, 0) is 54.2 Å². The second-order valence-electron chi connectivity index (χ2n) is 7.37. The van der Waals surface area contributed by atoms with E-state index in [1.54, 1.807) is 24.3 Å². The molecule has 0 fully saturated rings. The molecule has 28 heavy (non-hydrogen) atoms. The van der Waals surface area contributed by atoms with Crippen LogP contribution in [0.5, 0.6) is 0 Å². The summed E-state index contributed by atoms with van der Waals surface area (Å²) in [4.78, 5) is -0.721. The highest BCUT2D eigenvalue weighted by atomic mass is 32.2. The first-order valence-corrected chi connectivity index (χ1v) is 10.0. The van der Waals surface area contributed by atoms with Crippen molar-refractivity contribution in [2.75, 3.05) is 0 Å². The molecule has 0 radical (unpaired) electrons. The SMILES string of the molecule is Cc1ccc(N=Nc2ccc3c(c2)C(S(=O)(=O)C(F)(F)F)=CCC3(C)C)cc1. The van der Waals surface area contributed by atoms with Gasteiger partial charge in [-0.2, -0.15) is 23.4 Å². The van der Waals surface area contributed by atoms with E-state index in [4.69, 9.17) is 0 Å².